The van der Waals surface area contributed by atoms with E-state index in [1.807, 2.05) is 43.3 Å². The Bertz CT molecular complexity index is 493. The van der Waals surface area contributed by atoms with Crippen molar-refractivity contribution in [3.63, 3.8) is 0 Å². The lowest BCUT2D eigenvalue weighted by Crippen LogP contribution is -2.46. The van der Waals surface area contributed by atoms with E-state index in [4.69, 9.17) is 4.74 Å². The summed E-state index contributed by atoms with van der Waals surface area (Å²) in [5, 5.41) is 9.32. The number of benzene rings is 1. The molecule has 1 aliphatic heterocycles. The van der Waals surface area contributed by atoms with Crippen LogP contribution >= 0.6 is 0 Å². The molecular formula is C15H19NO3. The number of hydrogen-bond donors (Lipinski definition) is 1. The van der Waals surface area contributed by atoms with Crippen LogP contribution in [0.2, 0.25) is 0 Å². The van der Waals surface area contributed by atoms with Crippen molar-refractivity contribution in [2.75, 3.05) is 6.61 Å². The minimum atomic E-state index is -0.954. The number of rotatable bonds is 2. The van der Waals surface area contributed by atoms with E-state index in [9.17, 15) is 9.90 Å². The molecule has 102 valence electrons. The smallest absolute Gasteiger partial charge is 0.410 e. The summed E-state index contributed by atoms with van der Waals surface area (Å²) in [6.45, 7) is 5.92. The fourth-order valence-electron chi connectivity index (χ4n) is 2.41. The van der Waals surface area contributed by atoms with Crippen molar-refractivity contribution in [3.05, 3.63) is 42.0 Å². The van der Waals surface area contributed by atoms with E-state index in [0.29, 0.717) is 6.61 Å². The quantitative estimate of drug-likeness (QED) is 0.889. The van der Waals surface area contributed by atoms with Crippen LogP contribution in [-0.2, 0) is 4.74 Å². The average Bonchev–Trinajstić information content (AvgIpc) is 2.65. The summed E-state index contributed by atoms with van der Waals surface area (Å²) < 4.78 is 5.56. The van der Waals surface area contributed by atoms with Crippen molar-refractivity contribution in [2.45, 2.75) is 32.5 Å². The third kappa shape index (κ3) is 2.79. The maximum atomic E-state index is 11.4. The van der Waals surface area contributed by atoms with Gasteiger partial charge in [-0.1, -0.05) is 36.4 Å². The SMILES string of the molecule is C/C(=C\[C@H]1COC(C)(C)N1C(=O)O)c1ccccc1. The number of carbonyl (C=O) groups is 1. The highest BCUT2D eigenvalue weighted by molar-refractivity contribution is 5.69. The lowest BCUT2D eigenvalue weighted by Gasteiger charge is -2.30. The zero-order valence-electron chi connectivity index (χ0n) is 11.5. The lowest BCUT2D eigenvalue weighted by molar-refractivity contribution is -0.0409. The zero-order chi connectivity index (χ0) is 14.0. The molecular weight excluding hydrogens is 242 g/mol. The molecule has 0 spiro atoms. The molecule has 19 heavy (non-hydrogen) atoms. The third-order valence-corrected chi connectivity index (χ3v) is 3.40. The highest BCUT2D eigenvalue weighted by Gasteiger charge is 2.42. The zero-order valence-corrected chi connectivity index (χ0v) is 11.5. The molecule has 1 atom stereocenters. The van der Waals surface area contributed by atoms with Crippen LogP contribution in [0.4, 0.5) is 4.79 Å². The van der Waals surface area contributed by atoms with Gasteiger partial charge in [0.25, 0.3) is 0 Å². The molecule has 1 heterocycles. The van der Waals surface area contributed by atoms with Crippen LogP contribution in [0.1, 0.15) is 26.3 Å². The number of amides is 1. The summed E-state index contributed by atoms with van der Waals surface area (Å²) in [6, 6.07) is 9.68. The molecule has 0 bridgehead atoms. The monoisotopic (exact) mass is 261 g/mol. The van der Waals surface area contributed by atoms with Gasteiger partial charge >= 0.3 is 6.09 Å². The third-order valence-electron chi connectivity index (χ3n) is 3.40. The Morgan fingerprint density at radius 1 is 1.42 bits per heavy atom. The number of nitrogens with zero attached hydrogens (tertiary/aromatic N) is 1. The molecule has 1 aromatic carbocycles. The molecule has 0 aliphatic carbocycles. The second kappa shape index (κ2) is 5.05. The highest BCUT2D eigenvalue weighted by atomic mass is 16.5. The van der Waals surface area contributed by atoms with Gasteiger partial charge in [0.05, 0.1) is 12.6 Å². The van der Waals surface area contributed by atoms with Gasteiger partial charge < -0.3 is 9.84 Å². The van der Waals surface area contributed by atoms with Gasteiger partial charge in [0, 0.05) is 0 Å². The van der Waals surface area contributed by atoms with Crippen molar-refractivity contribution >= 4 is 11.7 Å². The topological polar surface area (TPSA) is 49.8 Å². The van der Waals surface area contributed by atoms with Crippen LogP contribution in [0.3, 0.4) is 0 Å². The average molecular weight is 261 g/mol. The van der Waals surface area contributed by atoms with Crippen molar-refractivity contribution in [3.8, 4) is 0 Å². The van der Waals surface area contributed by atoms with E-state index in [2.05, 4.69) is 0 Å². The molecule has 4 nitrogen and oxygen atoms in total. The normalized spacial score (nSPS) is 22.6. The van der Waals surface area contributed by atoms with Gasteiger partial charge in [-0.05, 0) is 31.9 Å². The van der Waals surface area contributed by atoms with E-state index in [1.54, 1.807) is 13.8 Å². The van der Waals surface area contributed by atoms with Gasteiger partial charge in [-0.15, -0.1) is 0 Å². The summed E-state index contributed by atoms with van der Waals surface area (Å²) in [5.74, 6) is 0. The molecule has 1 aliphatic rings. The number of carboxylic acid groups (broad SMARTS) is 1. The standard InChI is InChI=1S/C15H19NO3/c1-11(12-7-5-4-6-8-12)9-13-10-19-15(2,3)16(13)14(17)18/h4-9,13H,10H2,1-3H3,(H,17,18)/b11-9+/t13-/m0/s1. The number of allylic oxidation sites excluding steroid dienone is 1. The summed E-state index contributed by atoms with van der Waals surface area (Å²) in [6.07, 6.45) is 1.00. The molecule has 0 saturated carbocycles. The molecule has 4 heteroatoms. The molecule has 0 aromatic heterocycles. The number of ether oxygens (including phenoxy) is 1. The van der Waals surface area contributed by atoms with Crippen LogP contribution in [-0.4, -0.2) is 34.5 Å². The Labute approximate surface area is 113 Å². The maximum absolute atomic E-state index is 11.4. The van der Waals surface area contributed by atoms with Crippen LogP contribution in [0.25, 0.3) is 5.57 Å². The second-order valence-corrected chi connectivity index (χ2v) is 5.19. The van der Waals surface area contributed by atoms with Crippen molar-refractivity contribution < 1.29 is 14.6 Å². The van der Waals surface area contributed by atoms with E-state index in [0.717, 1.165) is 11.1 Å². The van der Waals surface area contributed by atoms with Crippen LogP contribution in [0.15, 0.2) is 36.4 Å². The molecule has 1 fully saturated rings. The fraction of sp³-hybridized carbons (Fsp3) is 0.400. The first-order chi connectivity index (χ1) is 8.92. The second-order valence-electron chi connectivity index (χ2n) is 5.19. The Kier molecular flexibility index (Phi) is 3.62. The van der Waals surface area contributed by atoms with E-state index >= 15 is 0 Å². The molecule has 1 amide bonds. The summed E-state index contributed by atoms with van der Waals surface area (Å²) in [4.78, 5) is 12.7. The first-order valence-electron chi connectivity index (χ1n) is 6.32. The van der Waals surface area contributed by atoms with Gasteiger partial charge in [-0.3, -0.25) is 4.90 Å². The van der Waals surface area contributed by atoms with Gasteiger partial charge in [-0.2, -0.15) is 0 Å². The summed E-state index contributed by atoms with van der Waals surface area (Å²) >= 11 is 0. The van der Waals surface area contributed by atoms with Gasteiger partial charge in [0.2, 0.25) is 0 Å². The Hall–Kier alpha value is -1.81. The first kappa shape index (κ1) is 13.6. The highest BCUT2D eigenvalue weighted by Crippen LogP contribution is 2.29. The Balaban J connectivity index is 2.25. The molecule has 2 rings (SSSR count). The van der Waals surface area contributed by atoms with E-state index < -0.39 is 11.8 Å². The van der Waals surface area contributed by atoms with Crippen molar-refractivity contribution in [1.82, 2.24) is 4.90 Å². The molecule has 1 saturated heterocycles. The predicted molar refractivity (Wildman–Crippen MR) is 73.8 cm³/mol. The molecule has 1 N–H and O–H groups in total. The Morgan fingerprint density at radius 2 is 2.05 bits per heavy atom. The van der Waals surface area contributed by atoms with Gasteiger partial charge in [-0.25, -0.2) is 4.79 Å². The van der Waals surface area contributed by atoms with E-state index in [1.165, 1.54) is 4.90 Å². The van der Waals surface area contributed by atoms with Crippen LogP contribution < -0.4 is 0 Å². The van der Waals surface area contributed by atoms with E-state index in [-0.39, 0.29) is 6.04 Å². The largest absolute Gasteiger partial charge is 0.465 e. The molecule has 0 unspecified atom stereocenters. The first-order valence-corrected chi connectivity index (χ1v) is 6.32. The van der Waals surface area contributed by atoms with Crippen LogP contribution in [0.5, 0.6) is 0 Å². The maximum Gasteiger partial charge on any atom is 0.410 e. The lowest BCUT2D eigenvalue weighted by atomic mass is 10.0. The van der Waals surface area contributed by atoms with Gasteiger partial charge in [0.1, 0.15) is 5.72 Å². The fourth-order valence-corrected chi connectivity index (χ4v) is 2.41. The number of hydrogen-bond acceptors (Lipinski definition) is 2. The Morgan fingerprint density at radius 3 is 2.63 bits per heavy atom. The minimum absolute atomic E-state index is 0.243. The summed E-state index contributed by atoms with van der Waals surface area (Å²) in [5.41, 5.74) is 1.37. The molecule has 0 radical (unpaired) electrons. The van der Waals surface area contributed by atoms with Crippen molar-refractivity contribution in [2.24, 2.45) is 0 Å². The van der Waals surface area contributed by atoms with Gasteiger partial charge in [0.15, 0.2) is 0 Å². The van der Waals surface area contributed by atoms with Crippen molar-refractivity contribution in [1.29, 1.82) is 0 Å². The molecule has 1 aromatic rings. The van der Waals surface area contributed by atoms with Crippen LogP contribution in [0, 0.1) is 0 Å². The summed E-state index contributed by atoms with van der Waals surface area (Å²) in [7, 11) is 0. The predicted octanol–water partition coefficient (Wildman–Crippen LogP) is 3.20. The minimum Gasteiger partial charge on any atom is -0.465 e.